The van der Waals surface area contributed by atoms with Crippen LogP contribution in [0, 0.1) is 12.7 Å². The Labute approximate surface area is 170 Å². The first-order valence-corrected chi connectivity index (χ1v) is 9.15. The van der Waals surface area contributed by atoms with E-state index in [4.69, 9.17) is 4.52 Å². The number of pyridine rings is 1. The molecule has 0 unspecified atom stereocenters. The molecule has 2 heterocycles. The zero-order chi connectivity index (χ0) is 21.1. The van der Waals surface area contributed by atoms with Crippen molar-refractivity contribution >= 4 is 11.6 Å². The summed E-state index contributed by atoms with van der Waals surface area (Å²) in [6.45, 7) is 1.76. The van der Waals surface area contributed by atoms with Gasteiger partial charge in [-0.1, -0.05) is 35.0 Å². The Morgan fingerprint density at radius 3 is 2.57 bits per heavy atom. The highest BCUT2D eigenvalue weighted by Gasteiger charge is 2.16. The summed E-state index contributed by atoms with van der Waals surface area (Å²) < 4.78 is 19.5. The summed E-state index contributed by atoms with van der Waals surface area (Å²) in [6, 6.07) is 16.1. The number of rotatable bonds is 5. The van der Waals surface area contributed by atoms with Gasteiger partial charge in [0.25, 0.3) is 11.4 Å². The van der Waals surface area contributed by atoms with Crippen LogP contribution >= 0.6 is 0 Å². The van der Waals surface area contributed by atoms with Gasteiger partial charge >= 0.3 is 0 Å². The molecule has 2 aromatic carbocycles. The van der Waals surface area contributed by atoms with Gasteiger partial charge in [0.1, 0.15) is 17.9 Å². The number of aromatic nitrogens is 3. The lowest BCUT2D eigenvalue weighted by Gasteiger charge is -2.08. The van der Waals surface area contributed by atoms with Crippen molar-refractivity contribution < 1.29 is 13.7 Å². The minimum atomic E-state index is -0.439. The summed E-state index contributed by atoms with van der Waals surface area (Å²) in [5.41, 5.74) is 2.06. The van der Waals surface area contributed by atoms with E-state index in [2.05, 4.69) is 15.5 Å². The van der Waals surface area contributed by atoms with Gasteiger partial charge in [-0.15, -0.1) is 0 Å². The summed E-state index contributed by atoms with van der Waals surface area (Å²) in [6.07, 6.45) is 1.49. The Balaban J connectivity index is 1.54. The molecule has 4 rings (SSSR count). The molecule has 0 aliphatic carbocycles. The Hall–Kier alpha value is -4.07. The number of carbonyl (C=O) groups is 1. The molecular formula is C22H17FN4O3. The van der Waals surface area contributed by atoms with Gasteiger partial charge in [0.05, 0.1) is 0 Å². The van der Waals surface area contributed by atoms with Crippen molar-refractivity contribution in [3.8, 4) is 22.8 Å². The molecule has 4 aromatic rings. The molecule has 0 saturated carbocycles. The predicted octanol–water partition coefficient (Wildman–Crippen LogP) is 3.65. The number of benzene rings is 2. The van der Waals surface area contributed by atoms with E-state index in [0.717, 1.165) is 11.1 Å². The first-order chi connectivity index (χ1) is 14.5. The maximum absolute atomic E-state index is 13.0. The number of halogens is 1. The molecule has 8 heteroatoms. The van der Waals surface area contributed by atoms with Gasteiger partial charge in [-0.3, -0.25) is 9.59 Å². The van der Waals surface area contributed by atoms with E-state index in [1.54, 1.807) is 12.1 Å². The Bertz CT molecular complexity index is 1240. The van der Waals surface area contributed by atoms with Gasteiger partial charge in [0.15, 0.2) is 0 Å². The highest BCUT2D eigenvalue weighted by atomic mass is 19.1. The second-order valence-electron chi connectivity index (χ2n) is 6.70. The van der Waals surface area contributed by atoms with Crippen LogP contribution < -0.4 is 10.9 Å². The molecule has 0 atom stereocenters. The number of aryl methyl sites for hydroxylation is 1. The Morgan fingerprint density at radius 1 is 1.10 bits per heavy atom. The standard InChI is InChI=1S/C22H17FN4O3/c1-14-4-6-15(7-5-14)20-25-21(30-26-20)18-3-2-12-27(22(18)29)13-19(28)24-17-10-8-16(23)9-11-17/h2-12H,13H2,1H3,(H,24,28). The van der Waals surface area contributed by atoms with Crippen LogP contribution in [-0.2, 0) is 11.3 Å². The van der Waals surface area contributed by atoms with Crippen molar-refractivity contribution in [2.24, 2.45) is 0 Å². The zero-order valence-corrected chi connectivity index (χ0v) is 16.0. The number of amides is 1. The molecule has 0 bridgehead atoms. The average Bonchev–Trinajstić information content (AvgIpc) is 3.22. The van der Waals surface area contributed by atoms with E-state index in [0.29, 0.717) is 11.5 Å². The number of carbonyl (C=O) groups excluding carboxylic acids is 1. The number of anilines is 1. The topological polar surface area (TPSA) is 90.0 Å². The quantitative estimate of drug-likeness (QED) is 0.548. The van der Waals surface area contributed by atoms with E-state index < -0.39 is 17.3 Å². The fraction of sp³-hybridized carbons (Fsp3) is 0.0909. The Kier molecular flexibility index (Phi) is 5.21. The molecular weight excluding hydrogens is 387 g/mol. The van der Waals surface area contributed by atoms with Crippen LogP contribution in [0.4, 0.5) is 10.1 Å². The SMILES string of the molecule is Cc1ccc(-c2noc(-c3cccn(CC(=O)Nc4ccc(F)cc4)c3=O)n2)cc1. The summed E-state index contributed by atoms with van der Waals surface area (Å²) in [4.78, 5) is 29.4. The second-order valence-corrected chi connectivity index (χ2v) is 6.70. The van der Waals surface area contributed by atoms with E-state index in [9.17, 15) is 14.0 Å². The normalized spacial score (nSPS) is 10.7. The third-order valence-corrected chi connectivity index (χ3v) is 4.43. The predicted molar refractivity (Wildman–Crippen MR) is 109 cm³/mol. The van der Waals surface area contributed by atoms with E-state index in [1.807, 2.05) is 31.2 Å². The average molecular weight is 404 g/mol. The molecule has 7 nitrogen and oxygen atoms in total. The van der Waals surface area contributed by atoms with Crippen LogP contribution in [0.25, 0.3) is 22.8 Å². The van der Waals surface area contributed by atoms with E-state index >= 15 is 0 Å². The molecule has 0 radical (unpaired) electrons. The molecule has 0 spiro atoms. The maximum atomic E-state index is 13.0. The van der Waals surface area contributed by atoms with Gasteiger partial charge in [-0.25, -0.2) is 4.39 Å². The monoisotopic (exact) mass is 404 g/mol. The van der Waals surface area contributed by atoms with Gasteiger partial charge < -0.3 is 14.4 Å². The number of hydrogen-bond donors (Lipinski definition) is 1. The summed E-state index contributed by atoms with van der Waals surface area (Å²) >= 11 is 0. The third-order valence-electron chi connectivity index (χ3n) is 4.43. The zero-order valence-electron chi connectivity index (χ0n) is 16.0. The first-order valence-electron chi connectivity index (χ1n) is 9.15. The fourth-order valence-corrected chi connectivity index (χ4v) is 2.87. The number of hydrogen-bond acceptors (Lipinski definition) is 5. The molecule has 0 fully saturated rings. The van der Waals surface area contributed by atoms with Crippen LogP contribution in [0.15, 0.2) is 76.2 Å². The van der Waals surface area contributed by atoms with Crippen LogP contribution in [0.3, 0.4) is 0 Å². The largest absolute Gasteiger partial charge is 0.333 e. The molecule has 0 aliphatic rings. The molecule has 150 valence electrons. The van der Waals surface area contributed by atoms with Crippen LogP contribution in [0.2, 0.25) is 0 Å². The lowest BCUT2D eigenvalue weighted by Crippen LogP contribution is -2.28. The number of nitrogens with zero attached hydrogens (tertiary/aromatic N) is 3. The third kappa shape index (κ3) is 4.17. The summed E-state index contributed by atoms with van der Waals surface area (Å²) in [7, 11) is 0. The van der Waals surface area contributed by atoms with E-state index in [1.165, 1.54) is 35.0 Å². The highest BCUT2D eigenvalue weighted by molar-refractivity contribution is 5.90. The smallest absolute Gasteiger partial charge is 0.263 e. The van der Waals surface area contributed by atoms with Crippen LogP contribution in [0.1, 0.15) is 5.56 Å². The molecule has 30 heavy (non-hydrogen) atoms. The Morgan fingerprint density at radius 2 is 1.83 bits per heavy atom. The van der Waals surface area contributed by atoms with Gasteiger partial charge in [0, 0.05) is 17.4 Å². The first kappa shape index (κ1) is 19.3. The van der Waals surface area contributed by atoms with Crippen molar-refractivity contribution in [2.75, 3.05) is 5.32 Å². The van der Waals surface area contributed by atoms with Crippen molar-refractivity contribution in [1.29, 1.82) is 0 Å². The molecule has 0 saturated heterocycles. The fourth-order valence-electron chi connectivity index (χ4n) is 2.87. The number of nitrogens with one attached hydrogen (secondary N) is 1. The van der Waals surface area contributed by atoms with E-state index in [-0.39, 0.29) is 18.0 Å². The van der Waals surface area contributed by atoms with Gasteiger partial charge in [-0.05, 0) is 43.3 Å². The maximum Gasteiger partial charge on any atom is 0.263 e. The summed E-state index contributed by atoms with van der Waals surface area (Å²) in [5, 5.41) is 6.56. The van der Waals surface area contributed by atoms with Crippen LogP contribution in [-0.4, -0.2) is 20.6 Å². The van der Waals surface area contributed by atoms with Crippen molar-refractivity contribution in [3.63, 3.8) is 0 Å². The molecule has 0 aliphatic heterocycles. The lowest BCUT2D eigenvalue weighted by molar-refractivity contribution is -0.116. The van der Waals surface area contributed by atoms with Crippen molar-refractivity contribution in [3.05, 3.63) is 88.6 Å². The van der Waals surface area contributed by atoms with Crippen molar-refractivity contribution in [1.82, 2.24) is 14.7 Å². The molecule has 1 amide bonds. The van der Waals surface area contributed by atoms with Gasteiger partial charge in [-0.2, -0.15) is 4.98 Å². The minimum Gasteiger partial charge on any atom is -0.333 e. The van der Waals surface area contributed by atoms with Crippen molar-refractivity contribution in [2.45, 2.75) is 13.5 Å². The molecule has 2 aromatic heterocycles. The summed E-state index contributed by atoms with van der Waals surface area (Å²) in [5.74, 6) is -0.383. The lowest BCUT2D eigenvalue weighted by atomic mass is 10.1. The second kappa shape index (κ2) is 8.12. The highest BCUT2D eigenvalue weighted by Crippen LogP contribution is 2.20. The minimum absolute atomic E-state index is 0.0730. The van der Waals surface area contributed by atoms with Gasteiger partial charge in [0.2, 0.25) is 11.7 Å². The molecule has 1 N–H and O–H groups in total. The van der Waals surface area contributed by atoms with Crippen LogP contribution in [0.5, 0.6) is 0 Å².